The second-order valence-corrected chi connectivity index (χ2v) is 11.5. The summed E-state index contributed by atoms with van der Waals surface area (Å²) in [5, 5.41) is 7.67. The predicted molar refractivity (Wildman–Crippen MR) is 157 cm³/mol. The number of halogens is 2. The van der Waals surface area contributed by atoms with Gasteiger partial charge in [0.1, 0.15) is 17.7 Å². The SMILES string of the molecule is Cc1cc(Oc2c(F)cccc2F)ncc1-n1ncc(C(=O)C2Cc3cc(OC4CCN(C5CC5)CC4)ccc3N2)c1N. The molecule has 7 rings (SSSR count). The highest BCUT2D eigenvalue weighted by Crippen LogP contribution is 2.34. The van der Waals surface area contributed by atoms with Gasteiger partial charge in [-0.3, -0.25) is 4.79 Å². The average Bonchev–Trinajstić information content (AvgIpc) is 3.65. The number of anilines is 2. The molecule has 1 saturated carbocycles. The van der Waals surface area contributed by atoms with Crippen molar-refractivity contribution in [1.82, 2.24) is 19.7 Å². The lowest BCUT2D eigenvalue weighted by Crippen LogP contribution is -2.39. The maximum atomic E-state index is 14.0. The molecule has 3 aliphatic rings. The number of pyridine rings is 1. The van der Waals surface area contributed by atoms with Crippen LogP contribution >= 0.6 is 0 Å². The van der Waals surface area contributed by atoms with E-state index in [9.17, 15) is 13.6 Å². The number of ether oxygens (including phenoxy) is 2. The van der Waals surface area contributed by atoms with Gasteiger partial charge in [-0.25, -0.2) is 18.4 Å². The molecule has 2 fully saturated rings. The lowest BCUT2D eigenvalue weighted by Gasteiger charge is -2.32. The number of likely N-dealkylation sites (tertiary alicyclic amines) is 1. The highest BCUT2D eigenvalue weighted by atomic mass is 19.1. The molecule has 11 heteroatoms. The molecular weight excluding hydrogens is 554 g/mol. The summed E-state index contributed by atoms with van der Waals surface area (Å²) in [6.07, 6.45) is 8.33. The number of ketones is 1. The highest BCUT2D eigenvalue weighted by Gasteiger charge is 2.33. The first-order chi connectivity index (χ1) is 20.8. The Hall–Kier alpha value is -4.51. The van der Waals surface area contributed by atoms with Gasteiger partial charge >= 0.3 is 0 Å². The van der Waals surface area contributed by atoms with Crippen molar-refractivity contribution in [1.29, 1.82) is 0 Å². The zero-order valence-electron chi connectivity index (χ0n) is 23.7. The van der Waals surface area contributed by atoms with E-state index in [-0.39, 0.29) is 29.1 Å². The first-order valence-electron chi connectivity index (χ1n) is 14.6. The van der Waals surface area contributed by atoms with Crippen molar-refractivity contribution in [2.24, 2.45) is 0 Å². The monoisotopic (exact) mass is 586 g/mol. The van der Waals surface area contributed by atoms with Gasteiger partial charge in [-0.05, 0) is 74.1 Å². The number of nitrogens with one attached hydrogen (secondary N) is 1. The van der Waals surface area contributed by atoms with Gasteiger partial charge < -0.3 is 25.4 Å². The van der Waals surface area contributed by atoms with E-state index in [0.717, 1.165) is 61.1 Å². The van der Waals surface area contributed by atoms with Gasteiger partial charge in [-0.15, -0.1) is 0 Å². The quantitative estimate of drug-likeness (QED) is 0.263. The number of aromatic nitrogens is 3. The van der Waals surface area contributed by atoms with Crippen molar-refractivity contribution in [2.75, 3.05) is 24.1 Å². The molecule has 2 aliphatic heterocycles. The van der Waals surface area contributed by atoms with Gasteiger partial charge in [-0.2, -0.15) is 5.10 Å². The molecule has 0 amide bonds. The molecule has 1 saturated heterocycles. The van der Waals surface area contributed by atoms with E-state index in [1.165, 1.54) is 42.0 Å². The number of carbonyl (C=O) groups is 1. The Bertz CT molecular complexity index is 1680. The van der Waals surface area contributed by atoms with Gasteiger partial charge in [0.05, 0.1) is 29.7 Å². The second-order valence-electron chi connectivity index (χ2n) is 11.5. The molecule has 0 spiro atoms. The first-order valence-corrected chi connectivity index (χ1v) is 14.6. The Labute approximate surface area is 247 Å². The summed E-state index contributed by atoms with van der Waals surface area (Å²) in [7, 11) is 0. The maximum absolute atomic E-state index is 14.0. The van der Waals surface area contributed by atoms with Gasteiger partial charge in [0.15, 0.2) is 17.4 Å². The third kappa shape index (κ3) is 5.40. The Morgan fingerprint density at radius 2 is 1.81 bits per heavy atom. The number of nitrogens with zero attached hydrogens (tertiary/aromatic N) is 4. The van der Waals surface area contributed by atoms with Crippen LogP contribution in [0.5, 0.6) is 17.4 Å². The minimum Gasteiger partial charge on any atom is -0.490 e. The maximum Gasteiger partial charge on any atom is 0.219 e. The van der Waals surface area contributed by atoms with E-state index in [1.807, 2.05) is 18.2 Å². The first kappa shape index (κ1) is 27.3. The van der Waals surface area contributed by atoms with Crippen LogP contribution in [-0.4, -0.2) is 56.7 Å². The molecule has 0 bridgehead atoms. The molecule has 1 unspecified atom stereocenters. The fourth-order valence-electron chi connectivity index (χ4n) is 5.97. The van der Waals surface area contributed by atoms with Crippen LogP contribution in [0.25, 0.3) is 5.69 Å². The van der Waals surface area contributed by atoms with E-state index in [0.29, 0.717) is 17.7 Å². The number of rotatable bonds is 8. The van der Waals surface area contributed by atoms with Crippen LogP contribution in [0, 0.1) is 18.6 Å². The van der Waals surface area contributed by atoms with Gasteiger partial charge in [0.25, 0.3) is 0 Å². The fourth-order valence-corrected chi connectivity index (χ4v) is 5.97. The van der Waals surface area contributed by atoms with Crippen LogP contribution in [0.1, 0.15) is 47.2 Å². The summed E-state index contributed by atoms with van der Waals surface area (Å²) < 4.78 is 41.1. The molecule has 1 aliphatic carbocycles. The number of nitrogens with two attached hydrogens (primary N) is 1. The van der Waals surface area contributed by atoms with Crippen LogP contribution in [-0.2, 0) is 6.42 Å². The molecule has 4 aromatic rings. The van der Waals surface area contributed by atoms with Crippen LogP contribution < -0.4 is 20.5 Å². The number of hydrogen-bond donors (Lipinski definition) is 2. The normalized spacial score (nSPS) is 18.7. The fraction of sp³-hybridized carbons (Fsp3) is 0.344. The zero-order valence-corrected chi connectivity index (χ0v) is 23.7. The Kier molecular flexibility index (Phi) is 6.97. The smallest absolute Gasteiger partial charge is 0.219 e. The van der Waals surface area contributed by atoms with Crippen LogP contribution in [0.15, 0.2) is 54.9 Å². The summed E-state index contributed by atoms with van der Waals surface area (Å²) in [5.41, 5.74) is 9.77. The molecule has 3 N–H and O–H groups in total. The number of nitrogen functional groups attached to an aromatic ring is 1. The van der Waals surface area contributed by atoms with Gasteiger partial charge in [0.2, 0.25) is 11.6 Å². The summed E-state index contributed by atoms with van der Waals surface area (Å²) >= 11 is 0. The molecule has 1 atom stereocenters. The van der Waals surface area contributed by atoms with Gasteiger partial charge in [0, 0.05) is 37.3 Å². The van der Waals surface area contributed by atoms with Crippen molar-refractivity contribution in [3.8, 4) is 23.1 Å². The number of hydrogen-bond acceptors (Lipinski definition) is 8. The number of para-hydroxylation sites is 1. The molecule has 2 aromatic heterocycles. The van der Waals surface area contributed by atoms with E-state index < -0.39 is 23.4 Å². The van der Waals surface area contributed by atoms with Crippen molar-refractivity contribution >= 4 is 17.3 Å². The molecule has 43 heavy (non-hydrogen) atoms. The molecule has 9 nitrogen and oxygen atoms in total. The molecule has 0 radical (unpaired) electrons. The predicted octanol–water partition coefficient (Wildman–Crippen LogP) is 5.45. The molecule has 2 aromatic carbocycles. The standard InChI is InChI=1S/C32H32F2N6O3/c1-18-13-29(43-31-24(33)3-2-4-25(31)34)36-17-28(18)40-32(35)23(16-37-40)30(41)27-15-19-14-22(7-8-26(19)38-27)42-21-9-11-39(12-10-21)20-5-6-20/h2-4,7-8,13-14,16-17,20-21,27,38H,5-6,9-12,15,35H2,1H3. The number of carbonyl (C=O) groups excluding carboxylic acids is 1. The topological polar surface area (TPSA) is 108 Å². The number of Topliss-reactive ketones (excluding diaryl/α,β-unsaturated/α-hetero) is 1. The summed E-state index contributed by atoms with van der Waals surface area (Å²) in [5.74, 6) is -1.37. The Morgan fingerprint density at radius 1 is 1.05 bits per heavy atom. The van der Waals surface area contributed by atoms with Gasteiger partial charge in [-0.1, -0.05) is 6.07 Å². The van der Waals surface area contributed by atoms with Crippen LogP contribution in [0.4, 0.5) is 20.3 Å². The number of aryl methyl sites for hydroxylation is 1. The van der Waals surface area contributed by atoms with E-state index in [4.69, 9.17) is 15.2 Å². The third-order valence-electron chi connectivity index (χ3n) is 8.47. The van der Waals surface area contributed by atoms with Crippen molar-refractivity contribution in [3.63, 3.8) is 0 Å². The lowest BCUT2D eigenvalue weighted by molar-refractivity contribution is 0.0961. The highest BCUT2D eigenvalue weighted by molar-refractivity contribution is 6.06. The third-order valence-corrected chi connectivity index (χ3v) is 8.47. The minimum absolute atomic E-state index is 0.00673. The van der Waals surface area contributed by atoms with Crippen molar-refractivity contribution in [2.45, 2.75) is 57.2 Å². The average molecular weight is 587 g/mol. The van der Waals surface area contributed by atoms with Crippen molar-refractivity contribution < 1.29 is 23.0 Å². The molecule has 222 valence electrons. The number of fused-ring (bicyclic) bond motifs is 1. The zero-order chi connectivity index (χ0) is 29.7. The minimum atomic E-state index is -0.834. The van der Waals surface area contributed by atoms with Crippen molar-refractivity contribution in [3.05, 3.63) is 83.2 Å². The molecular formula is C32H32F2N6O3. The lowest BCUT2D eigenvalue weighted by atomic mass is 10.0. The Morgan fingerprint density at radius 3 is 2.53 bits per heavy atom. The number of benzene rings is 2. The summed E-state index contributed by atoms with van der Waals surface area (Å²) in [4.78, 5) is 20.3. The van der Waals surface area contributed by atoms with E-state index in [1.54, 1.807) is 6.92 Å². The summed E-state index contributed by atoms with van der Waals surface area (Å²) in [6, 6.07) is 11.2. The summed E-state index contributed by atoms with van der Waals surface area (Å²) in [6.45, 7) is 3.94. The molecule has 4 heterocycles. The van der Waals surface area contributed by atoms with Crippen LogP contribution in [0.3, 0.4) is 0 Å². The van der Waals surface area contributed by atoms with Crippen LogP contribution in [0.2, 0.25) is 0 Å². The largest absolute Gasteiger partial charge is 0.490 e. The second kappa shape index (κ2) is 11.0. The van der Waals surface area contributed by atoms with E-state index in [2.05, 4.69) is 20.3 Å². The van der Waals surface area contributed by atoms with E-state index >= 15 is 0 Å². The Balaban J connectivity index is 1.02. The number of piperidine rings is 1.